The smallest absolute Gasteiger partial charge is 0.454 e. The molecule has 0 bridgehead atoms. The van der Waals surface area contributed by atoms with Crippen LogP contribution in [0.1, 0.15) is 26.6 Å². The first-order valence-electron chi connectivity index (χ1n) is 7.66. The summed E-state index contributed by atoms with van der Waals surface area (Å²) in [5, 5.41) is 0.507. The Bertz CT molecular complexity index is 1050. The lowest BCUT2D eigenvalue weighted by molar-refractivity contribution is -0.274. The number of thiophene rings is 1. The van der Waals surface area contributed by atoms with Gasteiger partial charge in [0.1, 0.15) is 23.0 Å². The number of hydrogen-bond acceptors (Lipinski definition) is 6. The van der Waals surface area contributed by atoms with Crippen LogP contribution in [0.4, 0.5) is 13.2 Å². The van der Waals surface area contributed by atoms with E-state index in [9.17, 15) is 22.8 Å². The third kappa shape index (κ3) is 4.27. The number of carbonyl (C=O) groups is 1. The van der Waals surface area contributed by atoms with Crippen molar-refractivity contribution in [3.63, 3.8) is 0 Å². The summed E-state index contributed by atoms with van der Waals surface area (Å²) < 4.78 is 45.2. The summed E-state index contributed by atoms with van der Waals surface area (Å²) in [6, 6.07) is 4.31. The van der Waals surface area contributed by atoms with Crippen LogP contribution >= 0.6 is 11.3 Å². The summed E-state index contributed by atoms with van der Waals surface area (Å²) in [5.41, 5.74) is 0.575. The maximum Gasteiger partial charge on any atom is 0.573 e. The molecule has 0 aliphatic heterocycles. The maximum atomic E-state index is 12.2. The van der Waals surface area contributed by atoms with Crippen molar-refractivity contribution in [1.82, 2.24) is 9.97 Å². The van der Waals surface area contributed by atoms with Gasteiger partial charge in [0.25, 0.3) is 5.56 Å². The van der Waals surface area contributed by atoms with E-state index in [-0.39, 0.29) is 23.6 Å². The van der Waals surface area contributed by atoms with Gasteiger partial charge in [-0.1, -0.05) is 0 Å². The second-order valence-electron chi connectivity index (χ2n) is 5.62. The minimum absolute atomic E-state index is 0.0377. The number of benzene rings is 1. The fourth-order valence-corrected chi connectivity index (χ4v) is 3.43. The monoisotopic (exact) mass is 398 g/mol. The van der Waals surface area contributed by atoms with Crippen LogP contribution in [0.5, 0.6) is 5.75 Å². The molecule has 0 atom stereocenters. The number of hydrogen-bond donors (Lipinski definition) is 1. The quantitative estimate of drug-likeness (QED) is 0.675. The SMILES string of the molecule is Cc1sc2nc(COC(=O)c3ccc(OC(F)(F)F)cc3)[nH]c(=O)c2c1C. The van der Waals surface area contributed by atoms with Gasteiger partial charge in [0.2, 0.25) is 0 Å². The second-order valence-corrected chi connectivity index (χ2v) is 6.83. The Kier molecular flexibility index (Phi) is 4.92. The van der Waals surface area contributed by atoms with Crippen LogP contribution in [0, 0.1) is 13.8 Å². The predicted molar refractivity (Wildman–Crippen MR) is 92.0 cm³/mol. The third-order valence-corrected chi connectivity index (χ3v) is 4.85. The van der Waals surface area contributed by atoms with Gasteiger partial charge in [-0.3, -0.25) is 4.79 Å². The highest BCUT2D eigenvalue weighted by atomic mass is 32.1. The van der Waals surface area contributed by atoms with Gasteiger partial charge in [-0.25, -0.2) is 9.78 Å². The van der Waals surface area contributed by atoms with Crippen LogP contribution in [0.2, 0.25) is 0 Å². The number of ether oxygens (including phenoxy) is 2. The molecule has 3 aromatic rings. The van der Waals surface area contributed by atoms with E-state index in [0.717, 1.165) is 34.7 Å². The van der Waals surface area contributed by atoms with Crippen molar-refractivity contribution in [3.8, 4) is 5.75 Å². The first kappa shape index (κ1) is 18.9. The largest absolute Gasteiger partial charge is 0.573 e. The third-order valence-electron chi connectivity index (χ3n) is 3.75. The fourth-order valence-electron chi connectivity index (χ4n) is 2.38. The van der Waals surface area contributed by atoms with E-state index in [1.165, 1.54) is 11.3 Å². The van der Waals surface area contributed by atoms with Crippen molar-refractivity contribution < 1.29 is 27.4 Å². The van der Waals surface area contributed by atoms with Crippen LogP contribution in [-0.2, 0) is 11.3 Å². The average molecular weight is 398 g/mol. The molecule has 3 rings (SSSR count). The zero-order valence-electron chi connectivity index (χ0n) is 14.1. The van der Waals surface area contributed by atoms with Gasteiger partial charge in [0.15, 0.2) is 0 Å². The van der Waals surface area contributed by atoms with E-state index in [1.807, 2.05) is 13.8 Å². The van der Waals surface area contributed by atoms with E-state index in [2.05, 4.69) is 14.7 Å². The van der Waals surface area contributed by atoms with Crippen LogP contribution < -0.4 is 10.3 Å². The fraction of sp³-hybridized carbons (Fsp3) is 0.235. The van der Waals surface area contributed by atoms with Gasteiger partial charge in [0.05, 0.1) is 10.9 Å². The minimum atomic E-state index is -4.81. The number of rotatable bonds is 4. The molecule has 6 nitrogen and oxygen atoms in total. The molecule has 1 aromatic carbocycles. The molecule has 0 unspecified atom stereocenters. The molecule has 0 spiro atoms. The van der Waals surface area contributed by atoms with Crippen molar-refractivity contribution in [3.05, 3.63) is 56.4 Å². The first-order valence-corrected chi connectivity index (χ1v) is 8.47. The predicted octanol–water partition coefficient (Wildman–Crippen LogP) is 3.86. The molecule has 0 saturated carbocycles. The molecule has 27 heavy (non-hydrogen) atoms. The van der Waals surface area contributed by atoms with Gasteiger partial charge < -0.3 is 14.5 Å². The number of esters is 1. The molecule has 0 amide bonds. The van der Waals surface area contributed by atoms with E-state index in [0.29, 0.717) is 10.2 Å². The highest BCUT2D eigenvalue weighted by molar-refractivity contribution is 7.18. The Balaban J connectivity index is 1.70. The van der Waals surface area contributed by atoms with Gasteiger partial charge in [-0.15, -0.1) is 24.5 Å². The number of carbonyl (C=O) groups excluding carboxylic acids is 1. The van der Waals surface area contributed by atoms with E-state index in [4.69, 9.17) is 4.74 Å². The number of halogens is 3. The van der Waals surface area contributed by atoms with Crippen LogP contribution in [-0.4, -0.2) is 22.3 Å². The zero-order chi connectivity index (χ0) is 19.8. The average Bonchev–Trinajstić information content (AvgIpc) is 2.86. The molecule has 142 valence electrons. The van der Waals surface area contributed by atoms with E-state index in [1.54, 1.807) is 0 Å². The number of aromatic amines is 1. The number of nitrogens with zero attached hydrogens (tertiary/aromatic N) is 1. The summed E-state index contributed by atoms with van der Waals surface area (Å²) in [6.45, 7) is 3.44. The molecule has 0 saturated heterocycles. The highest BCUT2D eigenvalue weighted by Crippen LogP contribution is 2.26. The molecule has 0 radical (unpaired) electrons. The summed E-state index contributed by atoms with van der Waals surface area (Å²) in [4.78, 5) is 32.5. The van der Waals surface area contributed by atoms with E-state index < -0.39 is 18.1 Å². The first-order chi connectivity index (χ1) is 12.6. The zero-order valence-corrected chi connectivity index (χ0v) is 15.0. The number of H-pyrrole nitrogens is 1. The summed E-state index contributed by atoms with van der Waals surface area (Å²) in [6.07, 6.45) is -4.81. The standard InChI is InChI=1S/C17H13F3N2O4S/c1-8-9(2)27-15-13(8)14(23)21-12(22-15)7-25-16(24)10-3-5-11(6-4-10)26-17(18,19)20/h3-6H,7H2,1-2H3,(H,21,22,23). The van der Waals surface area contributed by atoms with Crippen molar-refractivity contribution in [2.45, 2.75) is 26.8 Å². The Morgan fingerprint density at radius 2 is 1.89 bits per heavy atom. The molecule has 10 heteroatoms. The van der Waals surface area contributed by atoms with E-state index >= 15 is 0 Å². The number of aryl methyl sites for hydroxylation is 2. The molecule has 0 fully saturated rings. The van der Waals surface area contributed by atoms with Crippen LogP contribution in [0.15, 0.2) is 29.1 Å². The number of nitrogens with one attached hydrogen (secondary N) is 1. The Labute approximate surface area is 154 Å². The minimum Gasteiger partial charge on any atom is -0.454 e. The summed E-state index contributed by atoms with van der Waals surface area (Å²) in [7, 11) is 0. The Morgan fingerprint density at radius 1 is 1.22 bits per heavy atom. The topological polar surface area (TPSA) is 81.3 Å². The molecule has 2 heterocycles. The van der Waals surface area contributed by atoms with Gasteiger partial charge in [0, 0.05) is 4.88 Å². The number of alkyl halides is 3. The lowest BCUT2D eigenvalue weighted by Gasteiger charge is -2.09. The van der Waals surface area contributed by atoms with Gasteiger partial charge >= 0.3 is 12.3 Å². The van der Waals surface area contributed by atoms with Crippen molar-refractivity contribution in [2.75, 3.05) is 0 Å². The summed E-state index contributed by atoms with van der Waals surface area (Å²) in [5.74, 6) is -1.03. The second kappa shape index (κ2) is 7.03. The Morgan fingerprint density at radius 3 is 2.52 bits per heavy atom. The lowest BCUT2D eigenvalue weighted by Crippen LogP contribution is -2.17. The van der Waals surface area contributed by atoms with Crippen molar-refractivity contribution in [1.29, 1.82) is 0 Å². The van der Waals surface area contributed by atoms with Gasteiger partial charge in [-0.05, 0) is 43.7 Å². The van der Waals surface area contributed by atoms with Gasteiger partial charge in [-0.2, -0.15) is 0 Å². The molecular formula is C17H13F3N2O4S. The maximum absolute atomic E-state index is 12.2. The Hall–Kier alpha value is -2.88. The molecular weight excluding hydrogens is 385 g/mol. The number of aromatic nitrogens is 2. The molecule has 2 aromatic heterocycles. The lowest BCUT2D eigenvalue weighted by atomic mass is 10.2. The van der Waals surface area contributed by atoms with Crippen LogP contribution in [0.3, 0.4) is 0 Å². The molecule has 0 aliphatic rings. The van der Waals surface area contributed by atoms with Crippen LogP contribution in [0.25, 0.3) is 10.2 Å². The number of fused-ring (bicyclic) bond motifs is 1. The van der Waals surface area contributed by atoms with Crippen molar-refractivity contribution in [2.24, 2.45) is 0 Å². The molecule has 0 aliphatic carbocycles. The normalized spacial score (nSPS) is 11.6. The molecule has 1 N–H and O–H groups in total. The van der Waals surface area contributed by atoms with Crippen molar-refractivity contribution >= 4 is 27.5 Å². The highest BCUT2D eigenvalue weighted by Gasteiger charge is 2.31. The summed E-state index contributed by atoms with van der Waals surface area (Å²) >= 11 is 1.37.